The van der Waals surface area contributed by atoms with Crippen molar-refractivity contribution >= 4 is 16.8 Å². The van der Waals surface area contributed by atoms with Crippen LogP contribution in [0.15, 0.2) is 42.7 Å². The van der Waals surface area contributed by atoms with Crippen molar-refractivity contribution in [1.29, 1.82) is 0 Å². The lowest BCUT2D eigenvalue weighted by molar-refractivity contribution is -0.132. The van der Waals surface area contributed by atoms with Crippen molar-refractivity contribution in [2.75, 3.05) is 13.1 Å². The van der Waals surface area contributed by atoms with Gasteiger partial charge < -0.3 is 9.88 Å². The zero-order valence-corrected chi connectivity index (χ0v) is 14.4. The average Bonchev–Trinajstić information content (AvgIpc) is 3.32. The van der Waals surface area contributed by atoms with Crippen LogP contribution in [0.3, 0.4) is 0 Å². The molecule has 2 N–H and O–H groups in total. The van der Waals surface area contributed by atoms with Gasteiger partial charge in [0.05, 0.1) is 0 Å². The molecule has 25 heavy (non-hydrogen) atoms. The van der Waals surface area contributed by atoms with Gasteiger partial charge in [0.15, 0.2) is 0 Å². The summed E-state index contributed by atoms with van der Waals surface area (Å²) in [5, 5.41) is 8.36. The summed E-state index contributed by atoms with van der Waals surface area (Å²) in [6.07, 6.45) is 8.51. The normalized spacial score (nSPS) is 17.9. The van der Waals surface area contributed by atoms with E-state index in [0.29, 0.717) is 12.3 Å². The average molecular weight is 336 g/mol. The molecule has 0 spiro atoms. The summed E-state index contributed by atoms with van der Waals surface area (Å²) in [5.74, 6) is 0.679. The molecular formula is C20H24N4O. The summed E-state index contributed by atoms with van der Waals surface area (Å²) >= 11 is 0. The topological polar surface area (TPSA) is 64.8 Å². The number of aromatic amines is 2. The fourth-order valence-corrected chi connectivity index (χ4v) is 3.88. The first kappa shape index (κ1) is 15.9. The highest BCUT2D eigenvalue weighted by Gasteiger charge is 2.25. The molecule has 1 aromatic carbocycles. The molecule has 0 aliphatic carbocycles. The molecule has 1 saturated heterocycles. The first-order chi connectivity index (χ1) is 12.3. The van der Waals surface area contributed by atoms with Crippen LogP contribution in [0, 0.1) is 0 Å². The highest BCUT2D eigenvalue weighted by Crippen LogP contribution is 2.26. The lowest BCUT2D eigenvalue weighted by Gasteiger charge is -2.32. The maximum Gasteiger partial charge on any atom is 0.222 e. The third kappa shape index (κ3) is 3.45. The van der Waals surface area contributed by atoms with E-state index >= 15 is 0 Å². The Morgan fingerprint density at radius 1 is 1.28 bits per heavy atom. The molecule has 0 radical (unpaired) electrons. The fourth-order valence-electron chi connectivity index (χ4n) is 3.88. The van der Waals surface area contributed by atoms with E-state index in [4.69, 9.17) is 0 Å². The van der Waals surface area contributed by atoms with Gasteiger partial charge in [-0.1, -0.05) is 18.2 Å². The number of aryl methyl sites for hydroxylation is 1. The maximum atomic E-state index is 12.6. The zero-order valence-electron chi connectivity index (χ0n) is 14.4. The summed E-state index contributed by atoms with van der Waals surface area (Å²) in [6, 6.07) is 10.4. The predicted molar refractivity (Wildman–Crippen MR) is 98.4 cm³/mol. The number of benzene rings is 1. The van der Waals surface area contributed by atoms with Crippen LogP contribution in [0.2, 0.25) is 0 Å². The van der Waals surface area contributed by atoms with E-state index in [2.05, 4.69) is 39.6 Å². The lowest BCUT2D eigenvalue weighted by Crippen LogP contribution is -2.39. The fraction of sp³-hybridized carbons (Fsp3) is 0.400. The van der Waals surface area contributed by atoms with Gasteiger partial charge in [-0.25, -0.2) is 0 Å². The standard InChI is InChI=1S/C20H24N4O/c25-20(24-12-4-6-16(14-24)18-10-11-22-23-18)9-3-5-15-13-21-19-8-2-1-7-17(15)19/h1-2,7-8,10-11,13,16,21H,3-6,9,12,14H2,(H,22,23)/t16-/m1/s1. The van der Waals surface area contributed by atoms with Crippen molar-refractivity contribution in [3.8, 4) is 0 Å². The second kappa shape index (κ2) is 7.13. The number of nitrogens with zero attached hydrogens (tertiary/aromatic N) is 2. The van der Waals surface area contributed by atoms with E-state index in [9.17, 15) is 4.79 Å². The van der Waals surface area contributed by atoms with Crippen molar-refractivity contribution in [3.05, 3.63) is 54.0 Å². The van der Waals surface area contributed by atoms with Crippen LogP contribution in [-0.4, -0.2) is 39.1 Å². The SMILES string of the molecule is O=C(CCCc1c[nH]c2ccccc12)N1CCC[C@@H](c2ccn[nH]2)C1. The van der Waals surface area contributed by atoms with E-state index in [1.54, 1.807) is 6.20 Å². The Kier molecular flexibility index (Phi) is 4.55. The number of amides is 1. The third-order valence-electron chi connectivity index (χ3n) is 5.25. The van der Waals surface area contributed by atoms with Gasteiger partial charge in [-0.05, 0) is 43.4 Å². The Balaban J connectivity index is 1.31. The van der Waals surface area contributed by atoms with Crippen molar-refractivity contribution in [3.63, 3.8) is 0 Å². The number of likely N-dealkylation sites (tertiary alicyclic amines) is 1. The van der Waals surface area contributed by atoms with E-state index in [1.165, 1.54) is 16.5 Å². The van der Waals surface area contributed by atoms with Crippen LogP contribution < -0.4 is 0 Å². The Hall–Kier alpha value is -2.56. The predicted octanol–water partition coefficient (Wildman–Crippen LogP) is 3.62. The van der Waals surface area contributed by atoms with Crippen LogP contribution >= 0.6 is 0 Å². The van der Waals surface area contributed by atoms with Crippen LogP contribution in [-0.2, 0) is 11.2 Å². The Labute approximate surface area is 147 Å². The maximum absolute atomic E-state index is 12.6. The van der Waals surface area contributed by atoms with Crippen molar-refractivity contribution in [2.24, 2.45) is 0 Å². The smallest absolute Gasteiger partial charge is 0.222 e. The molecule has 0 bridgehead atoms. The molecule has 3 aromatic rings. The highest BCUT2D eigenvalue weighted by molar-refractivity contribution is 5.83. The number of carbonyl (C=O) groups is 1. The number of nitrogens with one attached hydrogen (secondary N) is 2. The van der Waals surface area contributed by atoms with Gasteiger partial charge in [0.25, 0.3) is 0 Å². The Morgan fingerprint density at radius 3 is 3.08 bits per heavy atom. The van der Waals surface area contributed by atoms with Crippen LogP contribution in [0.1, 0.15) is 42.9 Å². The minimum Gasteiger partial charge on any atom is -0.361 e. The Bertz CT molecular complexity index is 836. The van der Waals surface area contributed by atoms with E-state index < -0.39 is 0 Å². The molecule has 5 nitrogen and oxygen atoms in total. The summed E-state index contributed by atoms with van der Waals surface area (Å²) in [6.45, 7) is 1.70. The zero-order chi connectivity index (χ0) is 17.1. The van der Waals surface area contributed by atoms with Crippen LogP contribution in [0.4, 0.5) is 0 Å². The van der Waals surface area contributed by atoms with Gasteiger partial charge in [-0.15, -0.1) is 0 Å². The molecule has 4 rings (SSSR count). The lowest BCUT2D eigenvalue weighted by atomic mass is 9.94. The summed E-state index contributed by atoms with van der Waals surface area (Å²) in [4.78, 5) is 17.9. The largest absolute Gasteiger partial charge is 0.361 e. The quantitative estimate of drug-likeness (QED) is 0.747. The van der Waals surface area contributed by atoms with E-state index in [-0.39, 0.29) is 5.91 Å². The number of para-hydroxylation sites is 1. The number of hydrogen-bond acceptors (Lipinski definition) is 2. The molecule has 1 aliphatic heterocycles. The van der Waals surface area contributed by atoms with Gasteiger partial charge in [0.1, 0.15) is 0 Å². The van der Waals surface area contributed by atoms with Crippen LogP contribution in [0.25, 0.3) is 10.9 Å². The summed E-state index contributed by atoms with van der Waals surface area (Å²) in [5.41, 5.74) is 3.62. The molecule has 2 aromatic heterocycles. The molecular weight excluding hydrogens is 312 g/mol. The third-order valence-corrected chi connectivity index (χ3v) is 5.25. The van der Waals surface area contributed by atoms with Gasteiger partial charge in [0, 0.05) is 54.4 Å². The molecule has 0 saturated carbocycles. The molecule has 1 fully saturated rings. The minimum absolute atomic E-state index is 0.282. The Morgan fingerprint density at radius 2 is 2.20 bits per heavy atom. The number of carbonyl (C=O) groups excluding carboxylic acids is 1. The monoisotopic (exact) mass is 336 g/mol. The van der Waals surface area contributed by atoms with E-state index in [1.807, 2.05) is 17.0 Å². The number of fused-ring (bicyclic) bond motifs is 1. The number of H-pyrrole nitrogens is 2. The first-order valence-corrected chi connectivity index (χ1v) is 9.13. The van der Waals surface area contributed by atoms with Gasteiger partial charge in [-0.3, -0.25) is 9.89 Å². The highest BCUT2D eigenvalue weighted by atomic mass is 16.2. The van der Waals surface area contributed by atoms with Crippen LogP contribution in [0.5, 0.6) is 0 Å². The second-order valence-corrected chi connectivity index (χ2v) is 6.90. The molecule has 5 heteroatoms. The van der Waals surface area contributed by atoms with Crippen molar-refractivity contribution < 1.29 is 4.79 Å². The molecule has 1 aliphatic rings. The first-order valence-electron chi connectivity index (χ1n) is 9.13. The van der Waals surface area contributed by atoms with E-state index in [0.717, 1.165) is 44.5 Å². The van der Waals surface area contributed by atoms with Gasteiger partial charge >= 0.3 is 0 Å². The molecule has 1 amide bonds. The number of aromatic nitrogens is 3. The van der Waals surface area contributed by atoms with Gasteiger partial charge in [0.2, 0.25) is 5.91 Å². The second-order valence-electron chi connectivity index (χ2n) is 6.90. The minimum atomic E-state index is 0.282. The summed E-state index contributed by atoms with van der Waals surface area (Å²) < 4.78 is 0. The molecule has 0 unspecified atom stereocenters. The number of hydrogen-bond donors (Lipinski definition) is 2. The number of piperidine rings is 1. The molecule has 130 valence electrons. The molecule has 1 atom stereocenters. The number of rotatable bonds is 5. The summed E-state index contributed by atoms with van der Waals surface area (Å²) in [7, 11) is 0. The molecule has 3 heterocycles. The van der Waals surface area contributed by atoms with Gasteiger partial charge in [-0.2, -0.15) is 5.10 Å². The van der Waals surface area contributed by atoms with Crippen molar-refractivity contribution in [1.82, 2.24) is 20.1 Å². The van der Waals surface area contributed by atoms with Crippen molar-refractivity contribution in [2.45, 2.75) is 38.0 Å².